The van der Waals surface area contributed by atoms with E-state index in [1.807, 2.05) is 47.9 Å². The van der Waals surface area contributed by atoms with Gasteiger partial charge in [0.15, 0.2) is 11.6 Å². The summed E-state index contributed by atoms with van der Waals surface area (Å²) in [6.07, 6.45) is 5.27. The smallest absolute Gasteiger partial charge is 0.227 e. The molecule has 1 N–H and O–H groups in total. The molecule has 36 heavy (non-hydrogen) atoms. The number of rotatable bonds is 6. The summed E-state index contributed by atoms with van der Waals surface area (Å²) in [5.41, 5.74) is 3.83. The van der Waals surface area contributed by atoms with Crippen molar-refractivity contribution in [3.63, 3.8) is 0 Å². The van der Waals surface area contributed by atoms with Gasteiger partial charge in [0, 0.05) is 47.6 Å². The van der Waals surface area contributed by atoms with Crippen LogP contribution in [0.3, 0.4) is 0 Å². The van der Waals surface area contributed by atoms with Gasteiger partial charge in [-0.3, -0.25) is 4.79 Å². The lowest BCUT2D eigenvalue weighted by molar-refractivity contribution is -0.120. The van der Waals surface area contributed by atoms with Crippen molar-refractivity contribution in [2.24, 2.45) is 23.7 Å². The Hall–Kier alpha value is -3.81. The monoisotopic (exact) mass is 488 g/mol. The van der Waals surface area contributed by atoms with Gasteiger partial charge in [-0.2, -0.15) is 0 Å². The Morgan fingerprint density at radius 2 is 1.72 bits per heavy atom. The highest BCUT2D eigenvalue weighted by Crippen LogP contribution is 2.64. The van der Waals surface area contributed by atoms with E-state index in [0.29, 0.717) is 34.7 Å². The fourth-order valence-electron chi connectivity index (χ4n) is 5.99. The number of hydrogen-bond donors (Lipinski definition) is 1. The van der Waals surface area contributed by atoms with Crippen LogP contribution in [-0.4, -0.2) is 27.6 Å². The average Bonchev–Trinajstić information content (AvgIpc) is 3.18. The first-order chi connectivity index (χ1) is 17.4. The van der Waals surface area contributed by atoms with Crippen LogP contribution >= 0.6 is 0 Å². The zero-order valence-corrected chi connectivity index (χ0v) is 20.0. The van der Waals surface area contributed by atoms with E-state index in [4.69, 9.17) is 4.74 Å². The number of hydrogen-bond acceptors (Lipinski definition) is 4. The van der Waals surface area contributed by atoms with Crippen LogP contribution < -0.4 is 10.1 Å². The summed E-state index contributed by atoms with van der Waals surface area (Å²) in [6.45, 7) is 2.00. The summed E-state index contributed by atoms with van der Waals surface area (Å²) in [7, 11) is 1.58. The van der Waals surface area contributed by atoms with Crippen LogP contribution in [0.4, 0.5) is 14.5 Å². The summed E-state index contributed by atoms with van der Waals surface area (Å²) in [5.74, 6) is 0.0173. The lowest BCUT2D eigenvalue weighted by Gasteiger charge is -2.20. The molecule has 6 nitrogen and oxygen atoms in total. The van der Waals surface area contributed by atoms with Crippen molar-refractivity contribution in [1.82, 2.24) is 14.5 Å². The standard InChI is InChI=1S/C28H26F2N4O2/c1-15(28(35)33-18-6-3-16(4-7-18)17-5-8-26(36-2)31-13-17)27-20-9-19(10-21(20)27)34-14-32-24-11-22(29)23(30)12-25(24)34/h3-8,11-15,19-21,27H,9-10H2,1-2H3,(H,33,35)/t15-,19?,20-,21+,27?/m0/s1. The van der Waals surface area contributed by atoms with E-state index >= 15 is 0 Å². The van der Waals surface area contributed by atoms with Crippen LogP contribution in [0.5, 0.6) is 5.88 Å². The highest BCUT2D eigenvalue weighted by atomic mass is 19.2. The molecule has 0 spiro atoms. The highest BCUT2D eigenvalue weighted by molar-refractivity contribution is 5.93. The molecule has 8 heteroatoms. The number of halogens is 2. The van der Waals surface area contributed by atoms with Crippen LogP contribution in [0.2, 0.25) is 0 Å². The first kappa shape index (κ1) is 22.6. The van der Waals surface area contributed by atoms with Crippen LogP contribution in [0.1, 0.15) is 25.8 Å². The molecule has 6 rings (SSSR count). The number of nitrogens with zero attached hydrogens (tertiary/aromatic N) is 3. The molecule has 184 valence electrons. The maximum atomic E-state index is 13.8. The fraction of sp³-hybridized carbons (Fsp3) is 0.321. The number of anilines is 1. The van der Waals surface area contributed by atoms with Crippen molar-refractivity contribution in [3.05, 3.63) is 72.7 Å². The largest absolute Gasteiger partial charge is 0.481 e. The maximum Gasteiger partial charge on any atom is 0.227 e. The second kappa shape index (κ2) is 8.69. The van der Waals surface area contributed by atoms with Gasteiger partial charge in [-0.1, -0.05) is 19.1 Å². The van der Waals surface area contributed by atoms with Crippen molar-refractivity contribution in [1.29, 1.82) is 0 Å². The minimum Gasteiger partial charge on any atom is -0.481 e. The summed E-state index contributed by atoms with van der Waals surface area (Å²) in [4.78, 5) is 21.5. The van der Waals surface area contributed by atoms with Gasteiger partial charge in [-0.25, -0.2) is 18.7 Å². The molecule has 2 fully saturated rings. The van der Waals surface area contributed by atoms with Crippen molar-refractivity contribution >= 4 is 22.6 Å². The van der Waals surface area contributed by atoms with Crippen molar-refractivity contribution in [2.45, 2.75) is 25.8 Å². The second-order valence-corrected chi connectivity index (χ2v) is 9.88. The van der Waals surface area contributed by atoms with Gasteiger partial charge in [-0.05, 0) is 54.4 Å². The van der Waals surface area contributed by atoms with E-state index in [0.717, 1.165) is 35.7 Å². The van der Waals surface area contributed by atoms with E-state index in [1.54, 1.807) is 19.6 Å². The summed E-state index contributed by atoms with van der Waals surface area (Å²) in [5, 5.41) is 3.06. The third-order valence-electron chi connectivity index (χ3n) is 7.92. The molecule has 2 saturated carbocycles. The number of benzene rings is 2. The van der Waals surface area contributed by atoms with Crippen molar-refractivity contribution in [2.75, 3.05) is 12.4 Å². The fourth-order valence-corrected chi connectivity index (χ4v) is 5.99. The highest BCUT2D eigenvalue weighted by Gasteiger charge is 2.59. The summed E-state index contributed by atoms with van der Waals surface area (Å²) < 4.78 is 34.4. The topological polar surface area (TPSA) is 69.0 Å². The van der Waals surface area contributed by atoms with Gasteiger partial charge in [-0.15, -0.1) is 0 Å². The third-order valence-corrected chi connectivity index (χ3v) is 7.92. The molecule has 2 aromatic heterocycles. The zero-order chi connectivity index (χ0) is 25.0. The number of amides is 1. The summed E-state index contributed by atoms with van der Waals surface area (Å²) in [6, 6.07) is 14.1. The molecule has 0 aliphatic heterocycles. The normalized spacial score (nSPS) is 23.3. The van der Waals surface area contributed by atoms with Gasteiger partial charge in [0.2, 0.25) is 11.8 Å². The van der Waals surface area contributed by atoms with Gasteiger partial charge < -0.3 is 14.6 Å². The lowest BCUT2D eigenvalue weighted by Crippen LogP contribution is -2.24. The predicted molar refractivity (Wildman–Crippen MR) is 132 cm³/mol. The van der Waals surface area contributed by atoms with E-state index in [-0.39, 0.29) is 17.9 Å². The number of carbonyl (C=O) groups is 1. The number of methoxy groups -OCH3 is 1. The van der Waals surface area contributed by atoms with Gasteiger partial charge in [0.25, 0.3) is 0 Å². The van der Waals surface area contributed by atoms with E-state index in [9.17, 15) is 13.6 Å². The lowest BCUT2D eigenvalue weighted by atomic mass is 9.96. The van der Waals surface area contributed by atoms with E-state index in [2.05, 4.69) is 15.3 Å². The first-order valence-electron chi connectivity index (χ1n) is 12.2. The molecule has 2 aromatic carbocycles. The molecular formula is C28H26F2N4O2. The molecule has 0 bridgehead atoms. The molecule has 2 heterocycles. The molecule has 5 atom stereocenters. The average molecular weight is 489 g/mol. The number of aromatic nitrogens is 3. The minimum atomic E-state index is -0.880. The first-order valence-corrected chi connectivity index (χ1v) is 12.2. The Labute approximate surface area is 207 Å². The molecule has 2 aliphatic carbocycles. The number of carbonyl (C=O) groups excluding carboxylic acids is 1. The Morgan fingerprint density at radius 3 is 2.39 bits per heavy atom. The predicted octanol–water partition coefficient (Wildman–Crippen LogP) is 5.86. The molecule has 2 aliphatic rings. The molecule has 2 unspecified atom stereocenters. The molecule has 1 amide bonds. The molecule has 0 radical (unpaired) electrons. The Bertz CT molecular complexity index is 1420. The van der Waals surface area contributed by atoms with Gasteiger partial charge in [0.1, 0.15) is 0 Å². The molecule has 4 aromatic rings. The van der Waals surface area contributed by atoms with Crippen molar-refractivity contribution < 1.29 is 18.3 Å². The van der Waals surface area contributed by atoms with Gasteiger partial charge in [0.05, 0.1) is 24.5 Å². The maximum absolute atomic E-state index is 13.8. The Morgan fingerprint density at radius 1 is 1.03 bits per heavy atom. The number of ether oxygens (including phenoxy) is 1. The van der Waals surface area contributed by atoms with Crippen molar-refractivity contribution in [3.8, 4) is 17.0 Å². The van der Waals surface area contributed by atoms with Crippen LogP contribution in [0.15, 0.2) is 61.1 Å². The number of imidazole rings is 1. The zero-order valence-electron chi connectivity index (χ0n) is 20.0. The van der Waals surface area contributed by atoms with E-state index in [1.165, 1.54) is 6.07 Å². The Balaban J connectivity index is 1.07. The Kier molecular flexibility index (Phi) is 5.47. The van der Waals surface area contributed by atoms with E-state index < -0.39 is 11.6 Å². The SMILES string of the molecule is COc1ccc(-c2ccc(NC(=O)[C@@H](C)C3[C@H]4CC(n5cnc6cc(F)c(F)cc65)C[C@@H]34)cc2)cn1. The van der Waals surface area contributed by atoms with Crippen LogP contribution in [0.25, 0.3) is 22.2 Å². The second-order valence-electron chi connectivity index (χ2n) is 9.88. The third kappa shape index (κ3) is 3.90. The number of fused-ring (bicyclic) bond motifs is 2. The minimum absolute atomic E-state index is 0.0236. The van der Waals surface area contributed by atoms with Crippen LogP contribution in [0, 0.1) is 35.3 Å². The quantitative estimate of drug-likeness (QED) is 0.369. The van der Waals surface area contributed by atoms with Gasteiger partial charge >= 0.3 is 0 Å². The van der Waals surface area contributed by atoms with Crippen LogP contribution in [-0.2, 0) is 4.79 Å². The molecular weight excluding hydrogens is 462 g/mol. The summed E-state index contributed by atoms with van der Waals surface area (Å²) >= 11 is 0. The number of nitrogens with one attached hydrogen (secondary N) is 1. The molecule has 0 saturated heterocycles. The number of pyridine rings is 1.